The van der Waals surface area contributed by atoms with Crippen LogP contribution in [0.15, 0.2) is 23.8 Å². The summed E-state index contributed by atoms with van der Waals surface area (Å²) >= 11 is 0. The van der Waals surface area contributed by atoms with E-state index in [0.29, 0.717) is 11.3 Å². The average molecular weight is 214 g/mol. The van der Waals surface area contributed by atoms with Gasteiger partial charge in [0, 0.05) is 0 Å². The van der Waals surface area contributed by atoms with Crippen molar-refractivity contribution in [2.45, 2.75) is 33.6 Å². The van der Waals surface area contributed by atoms with Gasteiger partial charge < -0.3 is 5.73 Å². The highest BCUT2D eigenvalue weighted by molar-refractivity contribution is 5.69. The lowest BCUT2D eigenvalue weighted by Gasteiger charge is -2.07. The summed E-state index contributed by atoms with van der Waals surface area (Å²) in [5.74, 6) is 0. The second-order valence-corrected chi connectivity index (χ2v) is 4.05. The third-order valence-corrected chi connectivity index (χ3v) is 2.78. The number of nitrogens with zero attached hydrogens (tertiary/aromatic N) is 1. The van der Waals surface area contributed by atoms with Crippen LogP contribution in [0.5, 0.6) is 0 Å². The fourth-order valence-corrected chi connectivity index (χ4v) is 1.58. The Balaban J connectivity index is 3.17. The van der Waals surface area contributed by atoms with Gasteiger partial charge in [-0.25, -0.2) is 0 Å². The first-order valence-electron chi connectivity index (χ1n) is 5.56. The van der Waals surface area contributed by atoms with E-state index in [-0.39, 0.29) is 0 Å². The quantitative estimate of drug-likeness (QED) is 0.785. The molecule has 0 aliphatic rings. The van der Waals surface area contributed by atoms with Gasteiger partial charge >= 0.3 is 0 Å². The van der Waals surface area contributed by atoms with E-state index < -0.39 is 0 Å². The molecule has 16 heavy (non-hydrogen) atoms. The van der Waals surface area contributed by atoms with Gasteiger partial charge in [0.05, 0.1) is 17.3 Å². The van der Waals surface area contributed by atoms with Crippen LogP contribution in [-0.4, -0.2) is 0 Å². The highest BCUT2D eigenvalue weighted by atomic mass is 14.6. The molecule has 0 aliphatic heterocycles. The topological polar surface area (TPSA) is 49.8 Å². The van der Waals surface area contributed by atoms with Crippen LogP contribution in [0.25, 0.3) is 5.70 Å². The van der Waals surface area contributed by atoms with Crippen molar-refractivity contribution in [3.8, 4) is 6.07 Å². The van der Waals surface area contributed by atoms with Crippen molar-refractivity contribution in [1.29, 1.82) is 5.26 Å². The maximum absolute atomic E-state index is 9.02. The van der Waals surface area contributed by atoms with E-state index in [1.54, 1.807) is 0 Å². The van der Waals surface area contributed by atoms with Crippen LogP contribution < -0.4 is 5.73 Å². The smallest absolute Gasteiger partial charge is 0.0968 e. The van der Waals surface area contributed by atoms with Crippen molar-refractivity contribution in [2.24, 2.45) is 5.73 Å². The Labute approximate surface area is 97.4 Å². The number of allylic oxidation sites excluding steroid dienone is 1. The van der Waals surface area contributed by atoms with Crippen LogP contribution in [0.3, 0.4) is 0 Å². The predicted octanol–water partition coefficient (Wildman–Crippen LogP) is 3.30. The first-order chi connectivity index (χ1) is 7.60. The summed E-state index contributed by atoms with van der Waals surface area (Å²) in [4.78, 5) is 0. The molecule has 2 heteroatoms. The van der Waals surface area contributed by atoms with Crippen molar-refractivity contribution in [3.63, 3.8) is 0 Å². The Kier molecular flexibility index (Phi) is 4.13. The Morgan fingerprint density at radius 3 is 2.50 bits per heavy atom. The Morgan fingerprint density at radius 2 is 2.00 bits per heavy atom. The monoisotopic (exact) mass is 214 g/mol. The zero-order chi connectivity index (χ0) is 12.1. The normalized spacial score (nSPS) is 11.9. The van der Waals surface area contributed by atoms with Gasteiger partial charge in [-0.2, -0.15) is 5.26 Å². The lowest BCUT2D eigenvalue weighted by molar-refractivity contribution is 0.929. The number of aryl methyl sites for hydroxylation is 2. The number of benzene rings is 1. The maximum Gasteiger partial charge on any atom is 0.0968 e. The minimum absolute atomic E-state index is 0.618. The van der Waals surface area contributed by atoms with Crippen LogP contribution in [0, 0.1) is 25.2 Å². The summed E-state index contributed by atoms with van der Waals surface area (Å²) in [7, 11) is 0. The highest BCUT2D eigenvalue weighted by Gasteiger charge is 2.05. The molecule has 1 aromatic carbocycles. The molecule has 1 aromatic rings. The van der Waals surface area contributed by atoms with E-state index in [0.717, 1.165) is 18.4 Å². The number of hydrogen-bond donors (Lipinski definition) is 1. The molecule has 0 saturated carbocycles. The number of nitrogens with two attached hydrogens (primary N) is 1. The minimum atomic E-state index is 0.618. The third-order valence-electron chi connectivity index (χ3n) is 2.78. The zero-order valence-electron chi connectivity index (χ0n) is 10.2. The van der Waals surface area contributed by atoms with Crippen LogP contribution >= 0.6 is 0 Å². The first-order valence-corrected chi connectivity index (χ1v) is 5.56. The lowest BCUT2D eigenvalue weighted by Crippen LogP contribution is -2.01. The molecule has 0 atom stereocenters. The van der Waals surface area contributed by atoms with Crippen molar-refractivity contribution < 1.29 is 0 Å². The van der Waals surface area contributed by atoms with Gasteiger partial charge in [-0.15, -0.1) is 0 Å². The molecular weight excluding hydrogens is 196 g/mol. The number of hydrogen-bond acceptors (Lipinski definition) is 2. The van der Waals surface area contributed by atoms with Crippen LogP contribution in [0.1, 0.15) is 36.5 Å². The zero-order valence-corrected chi connectivity index (χ0v) is 10.2. The van der Waals surface area contributed by atoms with E-state index in [4.69, 9.17) is 11.0 Å². The number of rotatable bonds is 3. The van der Waals surface area contributed by atoms with Crippen molar-refractivity contribution in [2.75, 3.05) is 0 Å². The van der Waals surface area contributed by atoms with E-state index in [9.17, 15) is 0 Å². The molecule has 2 nitrogen and oxygen atoms in total. The molecule has 1 rings (SSSR count). The summed E-state index contributed by atoms with van der Waals surface area (Å²) in [5.41, 5.74) is 10.7. The first kappa shape index (κ1) is 12.3. The second-order valence-electron chi connectivity index (χ2n) is 4.05. The van der Waals surface area contributed by atoms with Crippen molar-refractivity contribution in [1.82, 2.24) is 0 Å². The van der Waals surface area contributed by atoms with Crippen LogP contribution in [0.4, 0.5) is 0 Å². The van der Waals surface area contributed by atoms with Crippen LogP contribution in [0.2, 0.25) is 0 Å². The molecule has 0 aliphatic carbocycles. The molecular formula is C14H18N2. The highest BCUT2D eigenvalue weighted by Crippen LogP contribution is 2.19. The summed E-state index contributed by atoms with van der Waals surface area (Å²) in [6, 6.07) is 8.25. The number of nitriles is 1. The van der Waals surface area contributed by atoms with Gasteiger partial charge in [0.1, 0.15) is 0 Å². The van der Waals surface area contributed by atoms with Gasteiger partial charge in [-0.3, -0.25) is 0 Å². The van der Waals surface area contributed by atoms with Crippen molar-refractivity contribution >= 4 is 5.70 Å². The minimum Gasteiger partial charge on any atom is -0.397 e. The van der Waals surface area contributed by atoms with Gasteiger partial charge in [0.25, 0.3) is 0 Å². The van der Waals surface area contributed by atoms with E-state index >= 15 is 0 Å². The van der Waals surface area contributed by atoms with E-state index in [2.05, 4.69) is 19.9 Å². The van der Waals surface area contributed by atoms with Crippen molar-refractivity contribution in [3.05, 3.63) is 40.5 Å². The fraction of sp³-hybridized carbons (Fsp3) is 0.357. The largest absolute Gasteiger partial charge is 0.397 e. The Morgan fingerprint density at radius 1 is 1.31 bits per heavy atom. The lowest BCUT2D eigenvalue weighted by atomic mass is 10.0. The molecule has 0 bridgehead atoms. The SMILES string of the molecule is CCC/C(C#N)=C(/N)c1ccc(C)c(C)c1. The maximum atomic E-state index is 9.02. The molecule has 0 radical (unpaired) electrons. The molecule has 0 heterocycles. The average Bonchev–Trinajstić information content (AvgIpc) is 2.28. The Hall–Kier alpha value is -1.75. The second kappa shape index (κ2) is 5.37. The molecule has 0 saturated heterocycles. The van der Waals surface area contributed by atoms with Gasteiger partial charge in [-0.05, 0) is 43.0 Å². The van der Waals surface area contributed by atoms with Gasteiger partial charge in [0.2, 0.25) is 0 Å². The van der Waals surface area contributed by atoms with E-state index in [1.165, 1.54) is 11.1 Å². The predicted molar refractivity (Wildman–Crippen MR) is 67.5 cm³/mol. The molecule has 0 aromatic heterocycles. The summed E-state index contributed by atoms with van der Waals surface area (Å²) < 4.78 is 0. The fourth-order valence-electron chi connectivity index (χ4n) is 1.58. The van der Waals surface area contributed by atoms with Gasteiger partial charge in [-0.1, -0.05) is 25.5 Å². The third kappa shape index (κ3) is 2.64. The Bertz CT molecular complexity index is 450. The summed E-state index contributed by atoms with van der Waals surface area (Å²) in [5, 5.41) is 9.02. The molecule has 0 fully saturated rings. The molecule has 0 unspecified atom stereocenters. The summed E-state index contributed by atoms with van der Waals surface area (Å²) in [6.45, 7) is 6.17. The molecule has 84 valence electrons. The standard InChI is InChI=1S/C14H18N2/c1-4-5-13(9-15)14(16)12-7-6-10(2)11(3)8-12/h6-8H,4-5,16H2,1-3H3/b14-13-. The summed E-state index contributed by atoms with van der Waals surface area (Å²) in [6.07, 6.45) is 1.68. The molecule has 0 amide bonds. The molecule has 0 spiro atoms. The van der Waals surface area contributed by atoms with Crippen LogP contribution in [-0.2, 0) is 0 Å². The van der Waals surface area contributed by atoms with E-state index in [1.807, 2.05) is 25.1 Å². The molecule has 2 N–H and O–H groups in total. The van der Waals surface area contributed by atoms with Gasteiger partial charge in [0.15, 0.2) is 0 Å².